The minimum absolute atomic E-state index is 0.0576. The Hall–Kier alpha value is -2.96. The Balaban J connectivity index is 1.74. The molecule has 0 saturated carbocycles. The standard InChI is InChI=1S/C21H26N4O3/c1-4-28-20(27)16-7-9-17(10-8-16)23-21-22-15(3)12-18(24-21)19(26)25-11-5-6-14(2)13-25/h7-10,12,14H,4-6,11,13H2,1-3H3,(H,22,23,24). The molecule has 0 bridgehead atoms. The fourth-order valence-corrected chi connectivity index (χ4v) is 3.30. The molecule has 1 aromatic heterocycles. The number of hydrogen-bond donors (Lipinski definition) is 1. The van der Waals surface area contributed by atoms with Crippen molar-refractivity contribution in [1.82, 2.24) is 14.9 Å². The zero-order valence-corrected chi connectivity index (χ0v) is 16.6. The summed E-state index contributed by atoms with van der Waals surface area (Å²) >= 11 is 0. The first kappa shape index (κ1) is 19.8. The van der Waals surface area contributed by atoms with Crippen molar-refractivity contribution in [1.29, 1.82) is 0 Å². The number of hydrogen-bond acceptors (Lipinski definition) is 6. The molecule has 1 aliphatic heterocycles. The number of carbonyl (C=O) groups excluding carboxylic acids is 2. The van der Waals surface area contributed by atoms with E-state index in [2.05, 4.69) is 22.2 Å². The van der Waals surface area contributed by atoms with Crippen molar-refractivity contribution in [3.05, 3.63) is 47.3 Å². The summed E-state index contributed by atoms with van der Waals surface area (Å²) in [6.07, 6.45) is 2.18. The fraction of sp³-hybridized carbons (Fsp3) is 0.429. The highest BCUT2D eigenvalue weighted by atomic mass is 16.5. The van der Waals surface area contributed by atoms with E-state index in [9.17, 15) is 9.59 Å². The van der Waals surface area contributed by atoms with Gasteiger partial charge in [0, 0.05) is 24.5 Å². The molecule has 1 aromatic carbocycles. The number of carbonyl (C=O) groups is 2. The van der Waals surface area contributed by atoms with E-state index in [0.717, 1.165) is 31.6 Å². The largest absolute Gasteiger partial charge is 0.462 e. The highest BCUT2D eigenvalue weighted by Crippen LogP contribution is 2.19. The molecule has 7 heteroatoms. The Morgan fingerprint density at radius 2 is 2.00 bits per heavy atom. The third kappa shape index (κ3) is 4.85. The molecule has 0 radical (unpaired) electrons. The number of anilines is 2. The average molecular weight is 382 g/mol. The van der Waals surface area contributed by atoms with Crippen LogP contribution in [0, 0.1) is 12.8 Å². The molecular weight excluding hydrogens is 356 g/mol. The zero-order chi connectivity index (χ0) is 20.1. The molecular formula is C21H26N4O3. The van der Waals surface area contributed by atoms with Gasteiger partial charge >= 0.3 is 5.97 Å². The summed E-state index contributed by atoms with van der Waals surface area (Å²) in [5, 5.41) is 3.10. The number of esters is 1. The monoisotopic (exact) mass is 382 g/mol. The van der Waals surface area contributed by atoms with E-state index in [1.165, 1.54) is 0 Å². The number of benzene rings is 1. The minimum atomic E-state index is -0.357. The van der Waals surface area contributed by atoms with Gasteiger partial charge in [-0.15, -0.1) is 0 Å². The quantitative estimate of drug-likeness (QED) is 0.796. The van der Waals surface area contributed by atoms with E-state index < -0.39 is 0 Å². The number of likely N-dealkylation sites (tertiary alicyclic amines) is 1. The lowest BCUT2D eigenvalue weighted by Crippen LogP contribution is -2.39. The maximum absolute atomic E-state index is 12.8. The second-order valence-electron chi connectivity index (χ2n) is 7.14. The van der Waals surface area contributed by atoms with Crippen LogP contribution in [0.5, 0.6) is 0 Å². The van der Waals surface area contributed by atoms with Crippen molar-refractivity contribution < 1.29 is 14.3 Å². The van der Waals surface area contributed by atoms with Crippen molar-refractivity contribution in [3.8, 4) is 0 Å². The SMILES string of the molecule is CCOC(=O)c1ccc(Nc2nc(C)cc(C(=O)N3CCCC(C)C3)n2)cc1. The smallest absolute Gasteiger partial charge is 0.338 e. The predicted molar refractivity (Wildman–Crippen MR) is 107 cm³/mol. The highest BCUT2D eigenvalue weighted by molar-refractivity contribution is 5.93. The Bertz CT molecular complexity index is 851. The van der Waals surface area contributed by atoms with E-state index in [1.807, 2.05) is 11.8 Å². The van der Waals surface area contributed by atoms with E-state index in [4.69, 9.17) is 4.74 Å². The number of piperidine rings is 1. The molecule has 1 saturated heterocycles. The Morgan fingerprint density at radius 1 is 1.25 bits per heavy atom. The maximum atomic E-state index is 12.8. The Morgan fingerprint density at radius 3 is 2.68 bits per heavy atom. The Labute approximate surface area is 165 Å². The summed E-state index contributed by atoms with van der Waals surface area (Å²) in [6.45, 7) is 7.64. The average Bonchev–Trinajstić information content (AvgIpc) is 2.67. The van der Waals surface area contributed by atoms with Crippen LogP contribution < -0.4 is 5.32 Å². The molecule has 0 aliphatic carbocycles. The summed E-state index contributed by atoms with van der Waals surface area (Å²) in [6, 6.07) is 8.59. The summed E-state index contributed by atoms with van der Waals surface area (Å²) in [5.41, 5.74) is 2.32. The summed E-state index contributed by atoms with van der Waals surface area (Å²) < 4.78 is 4.98. The molecule has 1 fully saturated rings. The van der Waals surface area contributed by atoms with Gasteiger partial charge in [-0.2, -0.15) is 0 Å². The second kappa shape index (κ2) is 8.82. The van der Waals surface area contributed by atoms with Gasteiger partial charge < -0.3 is 15.0 Å². The van der Waals surface area contributed by atoms with Crippen LogP contribution in [0.15, 0.2) is 30.3 Å². The van der Waals surface area contributed by atoms with Crippen LogP contribution in [0.2, 0.25) is 0 Å². The maximum Gasteiger partial charge on any atom is 0.338 e. The van der Waals surface area contributed by atoms with Crippen LogP contribution in [0.1, 0.15) is 53.2 Å². The molecule has 1 atom stereocenters. The molecule has 3 rings (SSSR count). The number of nitrogens with zero attached hydrogens (tertiary/aromatic N) is 3. The fourth-order valence-electron chi connectivity index (χ4n) is 3.30. The lowest BCUT2D eigenvalue weighted by Gasteiger charge is -2.30. The molecule has 2 aromatic rings. The minimum Gasteiger partial charge on any atom is -0.462 e. The molecule has 2 heterocycles. The third-order valence-corrected chi connectivity index (χ3v) is 4.67. The number of aryl methyl sites for hydroxylation is 1. The van der Waals surface area contributed by atoms with Crippen LogP contribution in [0.25, 0.3) is 0 Å². The first-order chi connectivity index (χ1) is 13.5. The lowest BCUT2D eigenvalue weighted by molar-refractivity contribution is 0.0526. The van der Waals surface area contributed by atoms with Gasteiger partial charge in [-0.25, -0.2) is 14.8 Å². The first-order valence-corrected chi connectivity index (χ1v) is 9.65. The van der Waals surface area contributed by atoms with E-state index in [1.54, 1.807) is 37.3 Å². The van der Waals surface area contributed by atoms with Crippen LogP contribution in [-0.4, -0.2) is 46.4 Å². The van der Waals surface area contributed by atoms with Crippen molar-refractivity contribution in [3.63, 3.8) is 0 Å². The predicted octanol–water partition coefficient (Wildman–Crippen LogP) is 3.58. The van der Waals surface area contributed by atoms with Crippen LogP contribution >= 0.6 is 0 Å². The van der Waals surface area contributed by atoms with E-state index in [0.29, 0.717) is 35.4 Å². The number of ether oxygens (including phenoxy) is 1. The van der Waals surface area contributed by atoms with Crippen LogP contribution in [-0.2, 0) is 4.74 Å². The lowest BCUT2D eigenvalue weighted by atomic mass is 10.00. The second-order valence-corrected chi connectivity index (χ2v) is 7.14. The molecule has 148 valence electrons. The highest BCUT2D eigenvalue weighted by Gasteiger charge is 2.23. The van der Waals surface area contributed by atoms with Crippen molar-refractivity contribution >= 4 is 23.5 Å². The van der Waals surface area contributed by atoms with Gasteiger partial charge in [0.25, 0.3) is 5.91 Å². The van der Waals surface area contributed by atoms with Gasteiger partial charge in [0.1, 0.15) is 5.69 Å². The van der Waals surface area contributed by atoms with Gasteiger partial charge in [0.15, 0.2) is 0 Å². The van der Waals surface area contributed by atoms with E-state index in [-0.39, 0.29) is 11.9 Å². The number of aromatic nitrogens is 2. The van der Waals surface area contributed by atoms with Gasteiger partial charge in [-0.05, 0) is 62.9 Å². The van der Waals surface area contributed by atoms with Gasteiger partial charge in [0.2, 0.25) is 5.95 Å². The van der Waals surface area contributed by atoms with Crippen LogP contribution in [0.3, 0.4) is 0 Å². The van der Waals surface area contributed by atoms with Gasteiger partial charge in [-0.1, -0.05) is 6.92 Å². The molecule has 0 spiro atoms. The van der Waals surface area contributed by atoms with Gasteiger partial charge in [-0.3, -0.25) is 4.79 Å². The molecule has 1 unspecified atom stereocenters. The third-order valence-electron chi connectivity index (χ3n) is 4.67. The summed E-state index contributed by atoms with van der Waals surface area (Å²) in [7, 11) is 0. The number of rotatable bonds is 5. The van der Waals surface area contributed by atoms with Crippen molar-refractivity contribution in [2.75, 3.05) is 25.0 Å². The zero-order valence-electron chi connectivity index (χ0n) is 16.6. The summed E-state index contributed by atoms with van der Waals surface area (Å²) in [4.78, 5) is 35.2. The number of amides is 1. The number of nitrogens with one attached hydrogen (secondary N) is 1. The van der Waals surface area contributed by atoms with Crippen molar-refractivity contribution in [2.24, 2.45) is 5.92 Å². The van der Waals surface area contributed by atoms with Gasteiger partial charge in [0.05, 0.1) is 12.2 Å². The Kier molecular flexibility index (Phi) is 6.23. The normalized spacial score (nSPS) is 16.5. The van der Waals surface area contributed by atoms with E-state index >= 15 is 0 Å². The molecule has 28 heavy (non-hydrogen) atoms. The molecule has 1 aliphatic rings. The van der Waals surface area contributed by atoms with Crippen molar-refractivity contribution in [2.45, 2.75) is 33.6 Å². The molecule has 1 amide bonds. The first-order valence-electron chi connectivity index (χ1n) is 9.65. The molecule has 1 N–H and O–H groups in total. The topological polar surface area (TPSA) is 84.4 Å². The molecule has 7 nitrogen and oxygen atoms in total. The summed E-state index contributed by atoms with van der Waals surface area (Å²) in [5.74, 6) is 0.454. The van der Waals surface area contributed by atoms with Crippen LogP contribution in [0.4, 0.5) is 11.6 Å².